The van der Waals surface area contributed by atoms with Crippen molar-refractivity contribution in [1.29, 1.82) is 0 Å². The number of fused-ring (bicyclic) bond motifs is 1. The van der Waals surface area contributed by atoms with E-state index in [-0.39, 0.29) is 16.9 Å². The lowest BCUT2D eigenvalue weighted by molar-refractivity contribution is -0.150. The minimum atomic E-state index is -1.14. The summed E-state index contributed by atoms with van der Waals surface area (Å²) in [6.07, 6.45) is -1.04. The Balaban J connectivity index is 1.74. The van der Waals surface area contributed by atoms with E-state index in [1.165, 1.54) is 13.8 Å². The van der Waals surface area contributed by atoms with Crippen LogP contribution < -0.4 is 0 Å². The van der Waals surface area contributed by atoms with E-state index in [2.05, 4.69) is 0 Å². The molecule has 144 valence electrons. The van der Waals surface area contributed by atoms with Crippen LogP contribution in [0.2, 0.25) is 0 Å². The van der Waals surface area contributed by atoms with Gasteiger partial charge in [-0.2, -0.15) is 0 Å². The number of nitrogens with zero attached hydrogens (tertiary/aromatic N) is 1. The number of aryl methyl sites for hydroxylation is 2. The molecule has 6 heteroatoms. The van der Waals surface area contributed by atoms with Crippen molar-refractivity contribution in [3.05, 3.63) is 70.3 Å². The molecule has 28 heavy (non-hydrogen) atoms. The van der Waals surface area contributed by atoms with Gasteiger partial charge in [0.25, 0.3) is 11.8 Å². The second-order valence-electron chi connectivity index (χ2n) is 6.96. The predicted molar refractivity (Wildman–Crippen MR) is 102 cm³/mol. The maximum absolute atomic E-state index is 12.7. The fourth-order valence-corrected chi connectivity index (χ4v) is 3.21. The summed E-state index contributed by atoms with van der Waals surface area (Å²) >= 11 is 0. The number of rotatable bonds is 5. The fraction of sp³-hybridized carbons (Fsp3) is 0.273. The number of hydrogen-bond acceptors (Lipinski definition) is 5. The third-order valence-electron chi connectivity index (χ3n) is 4.87. The number of esters is 1. The Morgan fingerprint density at radius 1 is 0.929 bits per heavy atom. The molecule has 6 nitrogen and oxygen atoms in total. The second kappa shape index (κ2) is 7.38. The maximum atomic E-state index is 12.7. The first-order valence-corrected chi connectivity index (χ1v) is 9.01. The standard InChI is InChI=1S/C22H21NO5/c1-12-9-10-13(2)18(11-12)19(24)15(4)28-22(27)14(3)23-20(25)16-7-5-6-8-17(16)21(23)26/h5-11,14-15H,1-4H3/t14-,15+/m1/s1. The lowest BCUT2D eigenvalue weighted by Gasteiger charge is -2.23. The van der Waals surface area contributed by atoms with Gasteiger partial charge in [-0.05, 0) is 51.5 Å². The number of ketones is 1. The van der Waals surface area contributed by atoms with Crippen molar-refractivity contribution in [3.8, 4) is 0 Å². The van der Waals surface area contributed by atoms with Crippen LogP contribution in [0.1, 0.15) is 56.0 Å². The number of carbonyl (C=O) groups excluding carboxylic acids is 4. The first kappa shape index (κ1) is 19.5. The Bertz CT molecular complexity index is 959. The second-order valence-corrected chi connectivity index (χ2v) is 6.96. The molecule has 0 aromatic heterocycles. The first-order valence-electron chi connectivity index (χ1n) is 9.01. The number of hydrogen-bond donors (Lipinski definition) is 0. The highest BCUT2D eigenvalue weighted by atomic mass is 16.5. The average Bonchev–Trinajstić information content (AvgIpc) is 2.93. The molecule has 0 fully saturated rings. The number of imide groups is 1. The van der Waals surface area contributed by atoms with Crippen molar-refractivity contribution in [2.75, 3.05) is 0 Å². The summed E-state index contributed by atoms with van der Waals surface area (Å²) in [6, 6.07) is 10.7. The highest BCUT2D eigenvalue weighted by molar-refractivity contribution is 6.22. The van der Waals surface area contributed by atoms with Gasteiger partial charge in [-0.15, -0.1) is 0 Å². The fourth-order valence-electron chi connectivity index (χ4n) is 3.21. The highest BCUT2D eigenvalue weighted by Crippen LogP contribution is 2.25. The van der Waals surface area contributed by atoms with Crippen molar-refractivity contribution >= 4 is 23.6 Å². The molecule has 0 radical (unpaired) electrons. The van der Waals surface area contributed by atoms with E-state index in [1.54, 1.807) is 30.3 Å². The summed E-state index contributed by atoms with van der Waals surface area (Å²) < 4.78 is 5.30. The molecular weight excluding hydrogens is 358 g/mol. The molecule has 1 heterocycles. The van der Waals surface area contributed by atoms with Gasteiger partial charge in [0.15, 0.2) is 6.10 Å². The minimum Gasteiger partial charge on any atom is -0.453 e. The van der Waals surface area contributed by atoms with Crippen LogP contribution in [0.15, 0.2) is 42.5 Å². The van der Waals surface area contributed by atoms with Crippen LogP contribution in [0.5, 0.6) is 0 Å². The zero-order chi connectivity index (χ0) is 20.6. The molecule has 2 amide bonds. The van der Waals surface area contributed by atoms with Crippen molar-refractivity contribution in [3.63, 3.8) is 0 Å². The lowest BCUT2D eigenvalue weighted by atomic mass is 9.99. The molecule has 2 aromatic rings. The minimum absolute atomic E-state index is 0.256. The van der Waals surface area contributed by atoms with Gasteiger partial charge in [-0.1, -0.05) is 29.8 Å². The van der Waals surface area contributed by atoms with Crippen LogP contribution in [0.3, 0.4) is 0 Å². The van der Waals surface area contributed by atoms with Crippen LogP contribution >= 0.6 is 0 Å². The molecule has 0 aliphatic carbocycles. The van der Waals surface area contributed by atoms with Crippen molar-refractivity contribution in [1.82, 2.24) is 4.90 Å². The van der Waals surface area contributed by atoms with Gasteiger partial charge in [-0.25, -0.2) is 4.79 Å². The largest absolute Gasteiger partial charge is 0.453 e. The smallest absolute Gasteiger partial charge is 0.329 e. The number of benzene rings is 2. The number of amides is 2. The summed E-state index contributed by atoms with van der Waals surface area (Å²) in [6.45, 7) is 6.58. The van der Waals surface area contributed by atoms with Gasteiger partial charge in [-0.3, -0.25) is 19.3 Å². The Kier molecular flexibility index (Phi) is 5.14. The Labute approximate surface area is 163 Å². The summed E-state index contributed by atoms with van der Waals surface area (Å²) in [5, 5.41) is 0. The number of Topliss-reactive ketones (excluding diaryl/α,β-unsaturated/α-hetero) is 1. The molecule has 2 atom stereocenters. The van der Waals surface area contributed by atoms with E-state index >= 15 is 0 Å². The molecule has 1 aliphatic rings. The van der Waals surface area contributed by atoms with Crippen molar-refractivity contribution < 1.29 is 23.9 Å². The monoisotopic (exact) mass is 379 g/mol. The van der Waals surface area contributed by atoms with Crippen LogP contribution in [0, 0.1) is 13.8 Å². The van der Waals surface area contributed by atoms with E-state index in [0.29, 0.717) is 5.56 Å². The van der Waals surface area contributed by atoms with Crippen LogP contribution in [-0.4, -0.2) is 40.6 Å². The molecule has 3 rings (SSSR count). The van der Waals surface area contributed by atoms with E-state index in [9.17, 15) is 19.2 Å². The van der Waals surface area contributed by atoms with E-state index in [1.807, 2.05) is 26.0 Å². The summed E-state index contributed by atoms with van der Waals surface area (Å²) in [4.78, 5) is 51.1. The molecule has 0 saturated heterocycles. The molecule has 0 saturated carbocycles. The van der Waals surface area contributed by atoms with E-state index in [0.717, 1.165) is 16.0 Å². The van der Waals surface area contributed by atoms with Gasteiger partial charge < -0.3 is 4.74 Å². The molecule has 0 bridgehead atoms. The lowest BCUT2D eigenvalue weighted by Crippen LogP contribution is -2.45. The molecule has 2 aromatic carbocycles. The van der Waals surface area contributed by atoms with Gasteiger partial charge in [0.2, 0.25) is 5.78 Å². The SMILES string of the molecule is Cc1ccc(C)c(C(=O)[C@H](C)OC(=O)[C@@H](C)N2C(=O)c3ccccc3C2=O)c1. The zero-order valence-corrected chi connectivity index (χ0v) is 16.2. The Morgan fingerprint density at radius 3 is 2.07 bits per heavy atom. The van der Waals surface area contributed by atoms with Crippen LogP contribution in [-0.2, 0) is 9.53 Å². The average molecular weight is 379 g/mol. The quantitative estimate of drug-likeness (QED) is 0.453. The normalized spacial score (nSPS) is 15.2. The Hall–Kier alpha value is -3.28. The summed E-state index contributed by atoms with van der Waals surface area (Å²) in [5.41, 5.74) is 2.70. The summed E-state index contributed by atoms with van der Waals surface area (Å²) in [7, 11) is 0. The van der Waals surface area contributed by atoms with E-state index in [4.69, 9.17) is 4.74 Å². The van der Waals surface area contributed by atoms with Crippen molar-refractivity contribution in [2.45, 2.75) is 39.8 Å². The third kappa shape index (κ3) is 3.33. The first-order chi connectivity index (χ1) is 13.2. The van der Waals surface area contributed by atoms with Gasteiger partial charge >= 0.3 is 5.97 Å². The maximum Gasteiger partial charge on any atom is 0.329 e. The topological polar surface area (TPSA) is 80.8 Å². The predicted octanol–water partition coefficient (Wildman–Crippen LogP) is 3.10. The van der Waals surface area contributed by atoms with Gasteiger partial charge in [0.05, 0.1) is 11.1 Å². The Morgan fingerprint density at radius 2 is 1.50 bits per heavy atom. The van der Waals surface area contributed by atoms with Gasteiger partial charge in [0, 0.05) is 5.56 Å². The van der Waals surface area contributed by atoms with Crippen molar-refractivity contribution in [2.24, 2.45) is 0 Å². The zero-order valence-electron chi connectivity index (χ0n) is 16.2. The number of carbonyl (C=O) groups is 4. The summed E-state index contributed by atoms with van der Waals surface area (Å²) in [5.74, 6) is -2.22. The third-order valence-corrected chi connectivity index (χ3v) is 4.87. The molecular formula is C22H21NO5. The van der Waals surface area contributed by atoms with Crippen LogP contribution in [0.25, 0.3) is 0 Å². The molecule has 0 unspecified atom stereocenters. The van der Waals surface area contributed by atoms with E-state index < -0.39 is 29.9 Å². The van der Waals surface area contributed by atoms with Gasteiger partial charge in [0.1, 0.15) is 6.04 Å². The van der Waals surface area contributed by atoms with Crippen LogP contribution in [0.4, 0.5) is 0 Å². The number of ether oxygens (including phenoxy) is 1. The molecule has 0 spiro atoms. The molecule has 0 N–H and O–H groups in total. The molecule has 1 aliphatic heterocycles. The highest BCUT2D eigenvalue weighted by Gasteiger charge is 2.41.